The second-order valence-electron chi connectivity index (χ2n) is 5.18. The quantitative estimate of drug-likeness (QED) is 0.924. The maximum atomic E-state index is 12.1. The molecule has 0 aliphatic carbocycles. The van der Waals surface area contributed by atoms with Crippen molar-refractivity contribution in [2.45, 2.75) is 25.9 Å². The van der Waals surface area contributed by atoms with E-state index in [1.165, 1.54) is 0 Å². The summed E-state index contributed by atoms with van der Waals surface area (Å²) in [5, 5.41) is 10.8. The number of ether oxygens (including phenoxy) is 1. The second kappa shape index (κ2) is 6.05. The summed E-state index contributed by atoms with van der Waals surface area (Å²) in [4.78, 5) is 12.1. The molecule has 1 N–H and O–H groups in total. The molecule has 1 atom stereocenters. The maximum Gasteiger partial charge on any atom is 0.251 e. The molecule has 1 amide bonds. The van der Waals surface area contributed by atoms with E-state index in [4.69, 9.17) is 4.74 Å². The molecule has 21 heavy (non-hydrogen) atoms. The zero-order valence-corrected chi connectivity index (χ0v) is 12.0. The highest BCUT2D eigenvalue weighted by Crippen LogP contribution is 2.12. The van der Waals surface area contributed by atoms with Crippen molar-refractivity contribution in [1.29, 1.82) is 0 Å². The van der Waals surface area contributed by atoms with Gasteiger partial charge in [-0.1, -0.05) is 5.21 Å². The third-order valence-electron chi connectivity index (χ3n) is 3.61. The van der Waals surface area contributed by atoms with Crippen molar-refractivity contribution in [3.05, 3.63) is 41.7 Å². The number of carbonyl (C=O) groups is 1. The van der Waals surface area contributed by atoms with Gasteiger partial charge in [-0.25, -0.2) is 4.68 Å². The van der Waals surface area contributed by atoms with Gasteiger partial charge in [0.1, 0.15) is 0 Å². The number of rotatable bonds is 4. The minimum Gasteiger partial charge on any atom is -0.376 e. The second-order valence-corrected chi connectivity index (χ2v) is 5.18. The first kappa shape index (κ1) is 13.8. The van der Waals surface area contributed by atoms with Crippen LogP contribution in [0.4, 0.5) is 0 Å². The van der Waals surface area contributed by atoms with Gasteiger partial charge in [0.25, 0.3) is 5.91 Å². The summed E-state index contributed by atoms with van der Waals surface area (Å²) in [5.74, 6) is -0.0765. The van der Waals surface area contributed by atoms with Crippen molar-refractivity contribution in [2.75, 3.05) is 13.2 Å². The zero-order chi connectivity index (χ0) is 14.7. The first-order valence-electron chi connectivity index (χ1n) is 7.11. The third-order valence-corrected chi connectivity index (χ3v) is 3.61. The summed E-state index contributed by atoms with van der Waals surface area (Å²) >= 11 is 0. The number of carbonyl (C=O) groups excluding carboxylic acids is 1. The van der Waals surface area contributed by atoms with E-state index in [-0.39, 0.29) is 12.0 Å². The van der Waals surface area contributed by atoms with Crippen molar-refractivity contribution in [3.63, 3.8) is 0 Å². The molecule has 0 radical (unpaired) electrons. The van der Waals surface area contributed by atoms with Crippen LogP contribution in [0.25, 0.3) is 5.69 Å². The van der Waals surface area contributed by atoms with Crippen molar-refractivity contribution in [2.24, 2.45) is 0 Å². The fraction of sp³-hybridized carbons (Fsp3) is 0.400. The SMILES string of the molecule is Cc1cnnn1-c1ccc(C(=O)NCC2CCCO2)cc1. The van der Waals surface area contributed by atoms with Crippen molar-refractivity contribution in [3.8, 4) is 5.69 Å². The van der Waals surface area contributed by atoms with Gasteiger partial charge in [0.2, 0.25) is 0 Å². The molecule has 1 aromatic heterocycles. The van der Waals surface area contributed by atoms with Crippen LogP contribution in [0.15, 0.2) is 30.5 Å². The largest absolute Gasteiger partial charge is 0.376 e. The van der Waals surface area contributed by atoms with Crippen LogP contribution < -0.4 is 5.32 Å². The Hall–Kier alpha value is -2.21. The van der Waals surface area contributed by atoms with Crippen molar-refractivity contribution in [1.82, 2.24) is 20.3 Å². The van der Waals surface area contributed by atoms with Crippen molar-refractivity contribution >= 4 is 5.91 Å². The van der Waals surface area contributed by atoms with E-state index >= 15 is 0 Å². The van der Waals surface area contributed by atoms with Crippen LogP contribution in [-0.2, 0) is 4.74 Å². The van der Waals surface area contributed by atoms with Gasteiger partial charge in [0.15, 0.2) is 0 Å². The molecular formula is C15H18N4O2. The normalized spacial score (nSPS) is 17.9. The van der Waals surface area contributed by atoms with Crippen LogP contribution >= 0.6 is 0 Å². The fourth-order valence-electron chi connectivity index (χ4n) is 2.41. The summed E-state index contributed by atoms with van der Waals surface area (Å²) in [6.45, 7) is 3.30. The first-order valence-corrected chi connectivity index (χ1v) is 7.11. The van der Waals surface area contributed by atoms with Crippen LogP contribution in [0.1, 0.15) is 28.9 Å². The van der Waals surface area contributed by atoms with E-state index in [0.29, 0.717) is 12.1 Å². The van der Waals surface area contributed by atoms with Gasteiger partial charge in [-0.15, -0.1) is 5.10 Å². The lowest BCUT2D eigenvalue weighted by Crippen LogP contribution is -2.31. The van der Waals surface area contributed by atoms with E-state index in [0.717, 1.165) is 30.8 Å². The molecule has 2 heterocycles. The number of amides is 1. The number of nitrogens with zero attached hydrogens (tertiary/aromatic N) is 3. The van der Waals surface area contributed by atoms with Gasteiger partial charge < -0.3 is 10.1 Å². The smallest absolute Gasteiger partial charge is 0.251 e. The Morgan fingerprint density at radius 2 is 2.24 bits per heavy atom. The van der Waals surface area contributed by atoms with Crippen LogP contribution in [-0.4, -0.2) is 40.2 Å². The lowest BCUT2D eigenvalue weighted by molar-refractivity contribution is 0.0858. The fourth-order valence-corrected chi connectivity index (χ4v) is 2.41. The van der Waals surface area contributed by atoms with Gasteiger partial charge in [-0.05, 0) is 44.0 Å². The summed E-state index contributed by atoms with van der Waals surface area (Å²) in [6, 6.07) is 7.31. The summed E-state index contributed by atoms with van der Waals surface area (Å²) in [6.07, 6.45) is 3.95. The molecule has 0 saturated carbocycles. The topological polar surface area (TPSA) is 69.0 Å². The van der Waals surface area contributed by atoms with Gasteiger partial charge in [-0.2, -0.15) is 0 Å². The Morgan fingerprint density at radius 1 is 1.43 bits per heavy atom. The average molecular weight is 286 g/mol. The molecule has 110 valence electrons. The van der Waals surface area contributed by atoms with Gasteiger partial charge in [-0.3, -0.25) is 4.79 Å². The van der Waals surface area contributed by atoms with Crippen molar-refractivity contribution < 1.29 is 9.53 Å². The zero-order valence-electron chi connectivity index (χ0n) is 12.0. The molecular weight excluding hydrogens is 268 g/mol. The Kier molecular flexibility index (Phi) is 3.96. The molecule has 3 rings (SSSR count). The van der Waals surface area contributed by atoms with Crippen LogP contribution in [0, 0.1) is 6.92 Å². The number of aromatic nitrogens is 3. The molecule has 1 saturated heterocycles. The van der Waals surface area contributed by atoms with E-state index in [9.17, 15) is 4.79 Å². The highest BCUT2D eigenvalue weighted by molar-refractivity contribution is 5.94. The number of hydrogen-bond donors (Lipinski definition) is 1. The Morgan fingerprint density at radius 3 is 2.86 bits per heavy atom. The molecule has 0 spiro atoms. The Bertz CT molecular complexity index is 615. The standard InChI is InChI=1S/C15H18N4O2/c1-11-9-17-18-19(11)13-6-4-12(5-7-13)15(20)16-10-14-3-2-8-21-14/h4-7,9,14H,2-3,8,10H2,1H3,(H,16,20). The Labute approximate surface area is 123 Å². The predicted octanol–water partition coefficient (Wildman–Crippen LogP) is 1.48. The van der Waals surface area contributed by atoms with Gasteiger partial charge >= 0.3 is 0 Å². The lowest BCUT2D eigenvalue weighted by Gasteiger charge is -2.11. The van der Waals surface area contributed by atoms with Gasteiger partial charge in [0, 0.05) is 18.7 Å². The molecule has 6 nitrogen and oxygen atoms in total. The molecule has 1 aliphatic heterocycles. The van der Waals surface area contributed by atoms with E-state index in [1.54, 1.807) is 23.0 Å². The van der Waals surface area contributed by atoms with E-state index < -0.39 is 0 Å². The monoisotopic (exact) mass is 286 g/mol. The van der Waals surface area contributed by atoms with E-state index in [2.05, 4.69) is 15.6 Å². The number of benzene rings is 1. The summed E-state index contributed by atoms with van der Waals surface area (Å²) in [5.41, 5.74) is 2.47. The summed E-state index contributed by atoms with van der Waals surface area (Å²) < 4.78 is 7.22. The van der Waals surface area contributed by atoms with Crippen LogP contribution in [0.2, 0.25) is 0 Å². The van der Waals surface area contributed by atoms with Gasteiger partial charge in [0.05, 0.1) is 23.7 Å². The highest BCUT2D eigenvalue weighted by Gasteiger charge is 2.16. The molecule has 1 unspecified atom stereocenters. The number of aryl methyl sites for hydroxylation is 1. The van der Waals surface area contributed by atoms with Crippen LogP contribution in [0.5, 0.6) is 0 Å². The third kappa shape index (κ3) is 3.11. The Balaban J connectivity index is 1.63. The predicted molar refractivity (Wildman–Crippen MR) is 77.4 cm³/mol. The number of hydrogen-bond acceptors (Lipinski definition) is 4. The molecule has 6 heteroatoms. The average Bonchev–Trinajstić information content (AvgIpc) is 3.16. The molecule has 2 aromatic rings. The maximum absolute atomic E-state index is 12.1. The first-order chi connectivity index (χ1) is 10.2. The molecule has 0 bridgehead atoms. The molecule has 1 aromatic carbocycles. The molecule has 1 aliphatic rings. The molecule has 1 fully saturated rings. The minimum absolute atomic E-state index is 0.0765. The minimum atomic E-state index is -0.0765. The summed E-state index contributed by atoms with van der Waals surface area (Å²) in [7, 11) is 0. The lowest BCUT2D eigenvalue weighted by atomic mass is 10.2. The van der Waals surface area contributed by atoms with Crippen LogP contribution in [0.3, 0.4) is 0 Å². The van der Waals surface area contributed by atoms with E-state index in [1.807, 2.05) is 19.1 Å². The highest BCUT2D eigenvalue weighted by atomic mass is 16.5. The number of nitrogens with one attached hydrogen (secondary N) is 1.